The third kappa shape index (κ3) is 5.06. The molecule has 1 aromatic carbocycles. The molecule has 8 heteroatoms. The predicted molar refractivity (Wildman–Crippen MR) is 122 cm³/mol. The summed E-state index contributed by atoms with van der Waals surface area (Å²) in [5.74, 6) is 0.353. The van der Waals surface area contributed by atoms with Gasteiger partial charge in [0.15, 0.2) is 0 Å². The Labute approximate surface area is 184 Å². The molecule has 158 valence electrons. The molecule has 0 spiro atoms. The molecule has 1 aliphatic rings. The van der Waals surface area contributed by atoms with Crippen LogP contribution in [-0.2, 0) is 4.79 Å². The number of aliphatic imine (C=N–C) groups is 1. The highest BCUT2D eigenvalue weighted by atomic mass is 35.5. The molecule has 0 saturated heterocycles. The SMILES string of the molecule is CC(=O)N=C1CCC(Nc2ncc(Cl)c(-c3cccc(-n4ccccc4=O)c3)n2)CC1. The van der Waals surface area contributed by atoms with Crippen molar-refractivity contribution < 1.29 is 4.79 Å². The van der Waals surface area contributed by atoms with Gasteiger partial charge in [0.1, 0.15) is 0 Å². The molecule has 1 saturated carbocycles. The Morgan fingerprint density at radius 2 is 2.00 bits per heavy atom. The zero-order valence-corrected chi connectivity index (χ0v) is 17.8. The lowest BCUT2D eigenvalue weighted by atomic mass is 9.93. The van der Waals surface area contributed by atoms with Crippen molar-refractivity contribution in [2.24, 2.45) is 4.99 Å². The summed E-state index contributed by atoms with van der Waals surface area (Å²) in [6.45, 7) is 1.48. The van der Waals surface area contributed by atoms with E-state index < -0.39 is 0 Å². The molecule has 2 heterocycles. The number of anilines is 1. The van der Waals surface area contributed by atoms with Crippen molar-refractivity contribution in [1.29, 1.82) is 0 Å². The molecule has 7 nitrogen and oxygen atoms in total. The first-order valence-corrected chi connectivity index (χ1v) is 10.5. The Kier molecular flexibility index (Phi) is 6.23. The number of nitrogens with one attached hydrogen (secondary N) is 1. The lowest BCUT2D eigenvalue weighted by Crippen LogP contribution is -2.27. The van der Waals surface area contributed by atoms with Gasteiger partial charge in [-0.25, -0.2) is 15.0 Å². The minimum atomic E-state index is -0.146. The van der Waals surface area contributed by atoms with Gasteiger partial charge >= 0.3 is 0 Å². The van der Waals surface area contributed by atoms with Gasteiger partial charge in [-0.1, -0.05) is 29.8 Å². The van der Waals surface area contributed by atoms with E-state index in [1.54, 1.807) is 23.0 Å². The Hall–Kier alpha value is -3.32. The monoisotopic (exact) mass is 435 g/mol. The van der Waals surface area contributed by atoms with Crippen molar-refractivity contribution >= 4 is 29.2 Å². The fourth-order valence-electron chi connectivity index (χ4n) is 3.70. The molecule has 1 aliphatic carbocycles. The maximum atomic E-state index is 12.2. The Morgan fingerprint density at radius 1 is 1.19 bits per heavy atom. The zero-order chi connectivity index (χ0) is 21.8. The van der Waals surface area contributed by atoms with Gasteiger partial charge in [0, 0.05) is 42.2 Å². The van der Waals surface area contributed by atoms with Crippen LogP contribution in [0.15, 0.2) is 64.6 Å². The number of amides is 1. The molecule has 1 fully saturated rings. The third-order valence-electron chi connectivity index (χ3n) is 5.18. The Morgan fingerprint density at radius 3 is 2.74 bits per heavy atom. The van der Waals surface area contributed by atoms with Crippen LogP contribution in [-0.4, -0.2) is 32.2 Å². The van der Waals surface area contributed by atoms with Gasteiger partial charge < -0.3 is 5.32 Å². The highest BCUT2D eigenvalue weighted by molar-refractivity contribution is 6.32. The van der Waals surface area contributed by atoms with Crippen LogP contribution >= 0.6 is 11.6 Å². The number of pyridine rings is 1. The van der Waals surface area contributed by atoms with Crippen LogP contribution < -0.4 is 10.9 Å². The molecule has 2 aromatic heterocycles. The van der Waals surface area contributed by atoms with Crippen molar-refractivity contribution in [1.82, 2.24) is 14.5 Å². The van der Waals surface area contributed by atoms with Crippen LogP contribution in [0.25, 0.3) is 16.9 Å². The number of carbonyl (C=O) groups excluding carboxylic acids is 1. The van der Waals surface area contributed by atoms with E-state index in [9.17, 15) is 9.59 Å². The molecule has 0 bridgehead atoms. The number of rotatable bonds is 4. The fraction of sp³-hybridized carbons (Fsp3) is 0.261. The van der Waals surface area contributed by atoms with Gasteiger partial charge in [0.05, 0.1) is 16.9 Å². The van der Waals surface area contributed by atoms with Crippen molar-refractivity contribution in [2.45, 2.75) is 38.6 Å². The number of hydrogen-bond acceptors (Lipinski definition) is 5. The third-order valence-corrected chi connectivity index (χ3v) is 5.45. The van der Waals surface area contributed by atoms with Gasteiger partial charge in [0.2, 0.25) is 11.9 Å². The second kappa shape index (κ2) is 9.22. The average molecular weight is 436 g/mol. The van der Waals surface area contributed by atoms with E-state index in [1.807, 2.05) is 30.3 Å². The quantitative estimate of drug-likeness (QED) is 0.660. The van der Waals surface area contributed by atoms with Gasteiger partial charge in [-0.05, 0) is 43.9 Å². The highest BCUT2D eigenvalue weighted by Gasteiger charge is 2.19. The molecule has 0 aliphatic heterocycles. The molecular formula is C23H22ClN5O2. The van der Waals surface area contributed by atoms with Gasteiger partial charge in [0.25, 0.3) is 5.56 Å². The summed E-state index contributed by atoms with van der Waals surface area (Å²) in [7, 11) is 0. The summed E-state index contributed by atoms with van der Waals surface area (Å²) in [5, 5.41) is 3.80. The second-order valence-corrected chi connectivity index (χ2v) is 7.87. The van der Waals surface area contributed by atoms with Crippen molar-refractivity contribution in [2.75, 3.05) is 5.32 Å². The van der Waals surface area contributed by atoms with Crippen molar-refractivity contribution in [3.8, 4) is 16.9 Å². The molecule has 1 amide bonds. The van der Waals surface area contributed by atoms with Gasteiger partial charge in [-0.3, -0.25) is 14.2 Å². The van der Waals surface area contributed by atoms with Crippen LogP contribution in [0, 0.1) is 0 Å². The number of halogens is 1. The molecule has 3 aromatic rings. The fourth-order valence-corrected chi connectivity index (χ4v) is 3.90. The number of nitrogens with zero attached hydrogens (tertiary/aromatic N) is 4. The summed E-state index contributed by atoms with van der Waals surface area (Å²) < 4.78 is 1.57. The summed E-state index contributed by atoms with van der Waals surface area (Å²) in [6.07, 6.45) is 6.60. The van der Waals surface area contributed by atoms with Crippen molar-refractivity contribution in [3.63, 3.8) is 0 Å². The molecule has 31 heavy (non-hydrogen) atoms. The normalized spacial score (nSPS) is 16.1. The Balaban J connectivity index is 1.55. The first-order chi connectivity index (χ1) is 15.0. The van der Waals surface area contributed by atoms with Crippen molar-refractivity contribution in [3.05, 3.63) is 70.2 Å². The molecule has 0 radical (unpaired) electrons. The zero-order valence-electron chi connectivity index (χ0n) is 17.1. The maximum absolute atomic E-state index is 12.2. The number of aromatic nitrogens is 3. The van der Waals surface area contributed by atoms with E-state index in [1.165, 1.54) is 13.0 Å². The van der Waals surface area contributed by atoms with E-state index >= 15 is 0 Å². The molecule has 0 unspecified atom stereocenters. The molecule has 1 N–H and O–H groups in total. The lowest BCUT2D eigenvalue weighted by Gasteiger charge is -2.24. The summed E-state index contributed by atoms with van der Waals surface area (Å²) in [5.41, 5.74) is 2.97. The lowest BCUT2D eigenvalue weighted by molar-refractivity contribution is -0.115. The van der Waals surface area contributed by atoms with E-state index in [2.05, 4.69) is 20.3 Å². The molecular weight excluding hydrogens is 414 g/mol. The number of benzene rings is 1. The maximum Gasteiger partial charge on any atom is 0.255 e. The van der Waals surface area contributed by atoms with Crippen LogP contribution in [0.4, 0.5) is 5.95 Å². The van der Waals surface area contributed by atoms with E-state index in [0.717, 1.165) is 42.6 Å². The smallest absolute Gasteiger partial charge is 0.255 e. The largest absolute Gasteiger partial charge is 0.351 e. The van der Waals surface area contributed by atoms with Crippen LogP contribution in [0.1, 0.15) is 32.6 Å². The van der Waals surface area contributed by atoms with Crippen LogP contribution in [0.5, 0.6) is 0 Å². The summed E-state index contributed by atoms with van der Waals surface area (Å²) in [6, 6.07) is 12.8. The van der Waals surface area contributed by atoms with E-state index in [-0.39, 0.29) is 17.5 Å². The van der Waals surface area contributed by atoms with Gasteiger partial charge in [-0.2, -0.15) is 0 Å². The summed E-state index contributed by atoms with van der Waals surface area (Å²) in [4.78, 5) is 36.4. The molecule has 4 rings (SSSR count). The van der Waals surface area contributed by atoms with E-state index in [4.69, 9.17) is 11.6 Å². The minimum absolute atomic E-state index is 0.110. The minimum Gasteiger partial charge on any atom is -0.351 e. The van der Waals surface area contributed by atoms with Crippen LogP contribution in [0.2, 0.25) is 5.02 Å². The standard InChI is InChI=1S/C23H22ClN5O2/c1-15(30)26-17-8-10-18(11-9-17)27-23-25-14-20(24)22(28-23)16-5-4-6-19(13-16)29-12-3-2-7-21(29)31/h2-7,12-14,18H,8-11H2,1H3,(H,25,27,28). The van der Waals surface area contributed by atoms with Crippen LogP contribution in [0.3, 0.4) is 0 Å². The highest BCUT2D eigenvalue weighted by Crippen LogP contribution is 2.28. The number of hydrogen-bond donors (Lipinski definition) is 1. The van der Waals surface area contributed by atoms with Gasteiger partial charge in [-0.15, -0.1) is 0 Å². The second-order valence-electron chi connectivity index (χ2n) is 7.47. The molecule has 0 atom stereocenters. The average Bonchev–Trinajstić information content (AvgIpc) is 2.76. The first-order valence-electron chi connectivity index (χ1n) is 10.1. The summed E-state index contributed by atoms with van der Waals surface area (Å²) >= 11 is 6.40. The Bertz CT molecular complexity index is 1190. The number of carbonyl (C=O) groups is 1. The first kappa shape index (κ1) is 20.9. The van der Waals surface area contributed by atoms with E-state index in [0.29, 0.717) is 16.7 Å². The predicted octanol–water partition coefficient (Wildman–Crippen LogP) is 4.29. The topological polar surface area (TPSA) is 89.2 Å².